The molecule has 1 saturated heterocycles. The van der Waals surface area contributed by atoms with Crippen LogP contribution in [0.15, 0.2) is 22.7 Å². The highest BCUT2D eigenvalue weighted by Crippen LogP contribution is 2.33. The molecule has 2 aliphatic heterocycles. The van der Waals surface area contributed by atoms with E-state index in [4.69, 9.17) is 0 Å². The molecule has 2 heterocycles. The monoisotopic (exact) mass is 281 g/mol. The van der Waals surface area contributed by atoms with Gasteiger partial charge in [0.25, 0.3) is 0 Å². The third-order valence-corrected chi connectivity index (χ3v) is 3.55. The van der Waals surface area contributed by atoms with Gasteiger partial charge >= 0.3 is 0 Å². The Hall–Kier alpha value is -1.07. The lowest BCUT2D eigenvalue weighted by atomic mass is 10.1. The average molecular weight is 282 g/mol. The lowest BCUT2D eigenvalue weighted by Crippen LogP contribution is -2.60. The Labute approximate surface area is 102 Å². The van der Waals surface area contributed by atoms with Crippen LogP contribution in [-0.2, 0) is 4.79 Å². The number of amides is 1. The number of hydrogen-bond donors (Lipinski definition) is 2. The summed E-state index contributed by atoms with van der Waals surface area (Å²) in [6.07, 6.45) is 0. The smallest absolute Gasteiger partial charge is 0.243 e. The molecule has 1 aromatic rings. The molecule has 0 atom stereocenters. The van der Waals surface area contributed by atoms with E-state index in [2.05, 4.69) is 37.5 Å². The van der Waals surface area contributed by atoms with Crippen LogP contribution in [0.3, 0.4) is 0 Å². The van der Waals surface area contributed by atoms with Gasteiger partial charge in [0.1, 0.15) is 0 Å². The van der Waals surface area contributed by atoms with Crippen LogP contribution in [0.5, 0.6) is 0 Å². The van der Waals surface area contributed by atoms with Crippen molar-refractivity contribution in [1.29, 1.82) is 0 Å². The van der Waals surface area contributed by atoms with Crippen molar-refractivity contribution in [2.45, 2.75) is 6.04 Å². The van der Waals surface area contributed by atoms with E-state index in [0.29, 0.717) is 12.6 Å². The van der Waals surface area contributed by atoms with E-state index in [0.717, 1.165) is 28.9 Å². The quantitative estimate of drug-likeness (QED) is 0.813. The minimum atomic E-state index is 0.0710. The van der Waals surface area contributed by atoms with Gasteiger partial charge in [0.05, 0.1) is 24.0 Å². The molecule has 0 aromatic heterocycles. The van der Waals surface area contributed by atoms with Crippen LogP contribution >= 0.6 is 15.9 Å². The Morgan fingerprint density at radius 1 is 1.38 bits per heavy atom. The van der Waals surface area contributed by atoms with E-state index >= 15 is 0 Å². The molecule has 0 unspecified atom stereocenters. The van der Waals surface area contributed by atoms with Gasteiger partial charge in [-0.3, -0.25) is 4.79 Å². The number of halogens is 1. The van der Waals surface area contributed by atoms with Gasteiger partial charge in [-0.15, -0.1) is 0 Å². The van der Waals surface area contributed by atoms with Crippen molar-refractivity contribution < 1.29 is 4.79 Å². The third kappa shape index (κ3) is 1.60. The first kappa shape index (κ1) is 10.1. The number of nitrogens with one attached hydrogen (secondary N) is 2. The van der Waals surface area contributed by atoms with Crippen molar-refractivity contribution in [3.8, 4) is 0 Å². The van der Waals surface area contributed by atoms with E-state index < -0.39 is 0 Å². The van der Waals surface area contributed by atoms with Gasteiger partial charge in [0.2, 0.25) is 5.91 Å². The topological polar surface area (TPSA) is 44.4 Å². The van der Waals surface area contributed by atoms with E-state index in [9.17, 15) is 4.79 Å². The lowest BCUT2D eigenvalue weighted by Gasteiger charge is -2.42. The Morgan fingerprint density at radius 2 is 2.19 bits per heavy atom. The average Bonchev–Trinajstić information content (AvgIpc) is 2.16. The highest BCUT2D eigenvalue weighted by molar-refractivity contribution is 9.10. The maximum atomic E-state index is 11.6. The molecule has 1 fully saturated rings. The number of rotatable bonds is 1. The fourth-order valence-electron chi connectivity index (χ4n) is 2.10. The van der Waals surface area contributed by atoms with Crippen molar-refractivity contribution in [2.24, 2.45) is 0 Å². The molecule has 84 valence electrons. The zero-order valence-corrected chi connectivity index (χ0v) is 10.3. The van der Waals surface area contributed by atoms with E-state index in [1.165, 1.54) is 0 Å². The second kappa shape index (κ2) is 3.75. The van der Waals surface area contributed by atoms with Crippen LogP contribution in [0.4, 0.5) is 11.4 Å². The minimum absolute atomic E-state index is 0.0710. The van der Waals surface area contributed by atoms with Crippen LogP contribution in [0.1, 0.15) is 0 Å². The second-order valence-corrected chi connectivity index (χ2v) is 5.07. The van der Waals surface area contributed by atoms with E-state index in [1.807, 2.05) is 12.1 Å². The van der Waals surface area contributed by atoms with Crippen LogP contribution in [0.2, 0.25) is 0 Å². The normalized spacial score (nSPS) is 20.1. The molecular weight excluding hydrogens is 270 g/mol. The zero-order valence-electron chi connectivity index (χ0n) is 8.66. The number of nitrogens with zero attached hydrogens (tertiary/aromatic N) is 1. The molecule has 16 heavy (non-hydrogen) atoms. The fourth-order valence-corrected chi connectivity index (χ4v) is 2.45. The molecule has 1 amide bonds. The summed E-state index contributed by atoms with van der Waals surface area (Å²) in [5.74, 6) is 0.0710. The summed E-state index contributed by atoms with van der Waals surface area (Å²) in [7, 11) is 0. The van der Waals surface area contributed by atoms with Gasteiger partial charge in [-0.2, -0.15) is 0 Å². The Balaban J connectivity index is 2.01. The van der Waals surface area contributed by atoms with Gasteiger partial charge in [-0.05, 0) is 18.2 Å². The minimum Gasteiger partial charge on any atom is -0.355 e. The number of hydrogen-bond acceptors (Lipinski definition) is 3. The molecule has 3 rings (SSSR count). The van der Waals surface area contributed by atoms with E-state index in [1.54, 1.807) is 0 Å². The summed E-state index contributed by atoms with van der Waals surface area (Å²) in [6.45, 7) is 2.37. The third-order valence-electron chi connectivity index (χ3n) is 3.06. The fraction of sp³-hybridized carbons (Fsp3) is 0.364. The predicted molar refractivity (Wildman–Crippen MR) is 66.8 cm³/mol. The SMILES string of the molecule is O=C1CN(C2CNC2)c2cc(Br)ccc2N1. The number of anilines is 2. The molecule has 1 aromatic carbocycles. The highest BCUT2D eigenvalue weighted by Gasteiger charge is 2.31. The first-order valence-corrected chi connectivity index (χ1v) is 6.10. The summed E-state index contributed by atoms with van der Waals surface area (Å²) < 4.78 is 1.04. The van der Waals surface area contributed by atoms with Crippen LogP contribution in [0.25, 0.3) is 0 Å². The zero-order chi connectivity index (χ0) is 11.1. The molecule has 5 heteroatoms. The van der Waals surface area contributed by atoms with Crippen molar-refractivity contribution in [2.75, 3.05) is 29.9 Å². The first-order chi connectivity index (χ1) is 7.74. The molecular formula is C11H12BrN3O. The molecule has 0 aliphatic carbocycles. The Kier molecular flexibility index (Phi) is 2.37. The van der Waals surface area contributed by atoms with Gasteiger partial charge in [0.15, 0.2) is 0 Å². The van der Waals surface area contributed by atoms with Crippen molar-refractivity contribution in [3.63, 3.8) is 0 Å². The lowest BCUT2D eigenvalue weighted by molar-refractivity contribution is -0.115. The standard InChI is InChI=1S/C11H12BrN3O/c12-7-1-2-9-10(3-7)15(6-11(16)14-9)8-4-13-5-8/h1-3,8,13H,4-6H2,(H,14,16). The summed E-state index contributed by atoms with van der Waals surface area (Å²) in [6, 6.07) is 6.39. The summed E-state index contributed by atoms with van der Waals surface area (Å²) >= 11 is 3.47. The molecule has 0 bridgehead atoms. The van der Waals surface area contributed by atoms with Crippen molar-refractivity contribution in [1.82, 2.24) is 5.32 Å². The van der Waals surface area contributed by atoms with Crippen LogP contribution in [0, 0.1) is 0 Å². The number of carbonyl (C=O) groups excluding carboxylic acids is 1. The van der Waals surface area contributed by atoms with Crippen molar-refractivity contribution >= 4 is 33.2 Å². The number of carbonyl (C=O) groups is 1. The molecule has 2 aliphatic rings. The van der Waals surface area contributed by atoms with Crippen molar-refractivity contribution in [3.05, 3.63) is 22.7 Å². The van der Waals surface area contributed by atoms with Gasteiger partial charge in [-0.25, -0.2) is 0 Å². The van der Waals surface area contributed by atoms with Crippen LogP contribution < -0.4 is 15.5 Å². The summed E-state index contributed by atoms with van der Waals surface area (Å²) in [5, 5.41) is 6.13. The highest BCUT2D eigenvalue weighted by atomic mass is 79.9. The summed E-state index contributed by atoms with van der Waals surface area (Å²) in [4.78, 5) is 13.8. The molecule has 0 saturated carbocycles. The molecule has 0 radical (unpaired) electrons. The molecule has 0 spiro atoms. The Bertz CT molecular complexity index is 445. The molecule has 2 N–H and O–H groups in total. The van der Waals surface area contributed by atoms with E-state index in [-0.39, 0.29) is 5.91 Å². The maximum Gasteiger partial charge on any atom is 0.243 e. The first-order valence-electron chi connectivity index (χ1n) is 5.31. The number of benzene rings is 1. The van der Waals surface area contributed by atoms with Gasteiger partial charge in [-0.1, -0.05) is 15.9 Å². The largest absolute Gasteiger partial charge is 0.355 e. The maximum absolute atomic E-state index is 11.6. The van der Waals surface area contributed by atoms with Crippen LogP contribution in [-0.4, -0.2) is 31.6 Å². The van der Waals surface area contributed by atoms with Gasteiger partial charge < -0.3 is 15.5 Å². The van der Waals surface area contributed by atoms with Gasteiger partial charge in [0, 0.05) is 17.6 Å². The molecule has 4 nitrogen and oxygen atoms in total. The number of fused-ring (bicyclic) bond motifs is 1. The Morgan fingerprint density at radius 3 is 2.88 bits per heavy atom. The second-order valence-electron chi connectivity index (χ2n) is 4.15. The summed E-state index contributed by atoms with van der Waals surface area (Å²) in [5.41, 5.74) is 2.02. The predicted octanol–water partition coefficient (Wildman–Crippen LogP) is 1.18.